The molecular formula is C17H16N4O2. The zero-order chi connectivity index (χ0) is 16.1. The highest BCUT2D eigenvalue weighted by Crippen LogP contribution is 2.19. The number of carbonyl (C=O) groups excluding carboxylic acids is 1. The van der Waals surface area contributed by atoms with Crippen molar-refractivity contribution in [2.75, 3.05) is 12.4 Å². The summed E-state index contributed by atoms with van der Waals surface area (Å²) < 4.78 is 5.63. The highest BCUT2D eigenvalue weighted by molar-refractivity contribution is 5.99. The molecule has 1 aromatic heterocycles. The average molecular weight is 308 g/mol. The van der Waals surface area contributed by atoms with Crippen molar-refractivity contribution in [1.29, 1.82) is 0 Å². The van der Waals surface area contributed by atoms with Crippen LogP contribution >= 0.6 is 0 Å². The summed E-state index contributed by atoms with van der Waals surface area (Å²) in [6.07, 6.45) is 0. The van der Waals surface area contributed by atoms with Crippen LogP contribution in [0.5, 0.6) is 0 Å². The van der Waals surface area contributed by atoms with Crippen molar-refractivity contribution in [3.8, 4) is 11.5 Å². The number of anilines is 1. The minimum atomic E-state index is -0.149. The van der Waals surface area contributed by atoms with E-state index in [0.717, 1.165) is 5.56 Å². The molecule has 23 heavy (non-hydrogen) atoms. The summed E-state index contributed by atoms with van der Waals surface area (Å²) in [6.45, 7) is 0.341. The van der Waals surface area contributed by atoms with Crippen LogP contribution in [0.25, 0.3) is 11.5 Å². The van der Waals surface area contributed by atoms with Crippen molar-refractivity contribution in [3.63, 3.8) is 0 Å². The van der Waals surface area contributed by atoms with Gasteiger partial charge in [0.2, 0.25) is 11.8 Å². The van der Waals surface area contributed by atoms with E-state index in [-0.39, 0.29) is 5.91 Å². The van der Waals surface area contributed by atoms with Crippen LogP contribution < -0.4 is 10.6 Å². The zero-order valence-electron chi connectivity index (χ0n) is 12.6. The highest BCUT2D eigenvalue weighted by atomic mass is 16.4. The van der Waals surface area contributed by atoms with E-state index in [4.69, 9.17) is 4.42 Å². The molecule has 3 aromatic rings. The van der Waals surface area contributed by atoms with Gasteiger partial charge in [-0.05, 0) is 24.3 Å². The van der Waals surface area contributed by atoms with Gasteiger partial charge in [-0.1, -0.05) is 30.3 Å². The number of nitrogens with one attached hydrogen (secondary N) is 2. The van der Waals surface area contributed by atoms with Gasteiger partial charge < -0.3 is 15.1 Å². The molecule has 0 aliphatic carbocycles. The smallest absolute Gasteiger partial charge is 0.253 e. The molecule has 0 saturated heterocycles. The first-order valence-corrected chi connectivity index (χ1v) is 7.20. The Bertz CT molecular complexity index is 799. The molecule has 0 radical (unpaired) electrons. The molecule has 1 heterocycles. The van der Waals surface area contributed by atoms with E-state index >= 15 is 0 Å². The molecule has 116 valence electrons. The molecule has 6 nitrogen and oxygen atoms in total. The molecule has 0 fully saturated rings. The number of nitrogens with zero attached hydrogens (tertiary/aromatic N) is 2. The van der Waals surface area contributed by atoms with Crippen molar-refractivity contribution in [2.24, 2.45) is 0 Å². The molecule has 1 amide bonds. The summed E-state index contributed by atoms with van der Waals surface area (Å²) in [4.78, 5) is 11.8. The topological polar surface area (TPSA) is 80.0 Å². The lowest BCUT2D eigenvalue weighted by Crippen LogP contribution is -2.19. The Morgan fingerprint density at radius 2 is 1.78 bits per heavy atom. The molecule has 6 heteroatoms. The van der Waals surface area contributed by atoms with E-state index in [0.29, 0.717) is 29.6 Å². The summed E-state index contributed by atoms with van der Waals surface area (Å²) >= 11 is 0. The normalized spacial score (nSPS) is 10.3. The van der Waals surface area contributed by atoms with Gasteiger partial charge in [0.1, 0.15) is 0 Å². The number of benzene rings is 2. The Kier molecular flexibility index (Phi) is 4.33. The molecule has 0 saturated carbocycles. The van der Waals surface area contributed by atoms with E-state index in [1.54, 1.807) is 13.1 Å². The summed E-state index contributed by atoms with van der Waals surface area (Å²) in [6, 6.07) is 16.8. The second kappa shape index (κ2) is 6.74. The van der Waals surface area contributed by atoms with Gasteiger partial charge in [0.05, 0.1) is 12.1 Å². The van der Waals surface area contributed by atoms with Gasteiger partial charge in [0.25, 0.3) is 5.91 Å². The van der Waals surface area contributed by atoms with E-state index in [2.05, 4.69) is 20.8 Å². The Morgan fingerprint density at radius 1 is 1.04 bits per heavy atom. The molecule has 2 N–H and O–H groups in total. The van der Waals surface area contributed by atoms with Crippen LogP contribution in [-0.2, 0) is 6.54 Å². The van der Waals surface area contributed by atoms with Crippen molar-refractivity contribution in [2.45, 2.75) is 6.54 Å². The number of para-hydroxylation sites is 1. The fourth-order valence-corrected chi connectivity index (χ4v) is 2.16. The zero-order valence-corrected chi connectivity index (χ0v) is 12.6. The van der Waals surface area contributed by atoms with Crippen LogP contribution in [0.3, 0.4) is 0 Å². The summed E-state index contributed by atoms with van der Waals surface area (Å²) in [5.41, 5.74) is 2.15. The lowest BCUT2D eigenvalue weighted by Gasteiger charge is -2.09. The number of carbonyl (C=O) groups is 1. The van der Waals surface area contributed by atoms with Crippen LogP contribution in [0.4, 0.5) is 5.69 Å². The van der Waals surface area contributed by atoms with Gasteiger partial charge in [0.15, 0.2) is 0 Å². The van der Waals surface area contributed by atoms with Crippen molar-refractivity contribution in [1.82, 2.24) is 15.5 Å². The third-order valence-electron chi connectivity index (χ3n) is 3.32. The minimum absolute atomic E-state index is 0.149. The molecule has 0 bridgehead atoms. The fourth-order valence-electron chi connectivity index (χ4n) is 2.16. The van der Waals surface area contributed by atoms with Crippen LogP contribution in [0, 0.1) is 0 Å². The van der Waals surface area contributed by atoms with E-state index in [9.17, 15) is 4.79 Å². The summed E-state index contributed by atoms with van der Waals surface area (Å²) in [7, 11) is 1.60. The van der Waals surface area contributed by atoms with Gasteiger partial charge in [-0.15, -0.1) is 10.2 Å². The van der Waals surface area contributed by atoms with Gasteiger partial charge in [-0.3, -0.25) is 4.79 Å². The number of amides is 1. The minimum Gasteiger partial charge on any atom is -0.419 e. The second-order valence-corrected chi connectivity index (χ2v) is 4.85. The Hall–Kier alpha value is -3.15. The largest absolute Gasteiger partial charge is 0.419 e. The van der Waals surface area contributed by atoms with Crippen molar-refractivity contribution < 1.29 is 9.21 Å². The molecule has 2 aromatic carbocycles. The van der Waals surface area contributed by atoms with Crippen LogP contribution in [-0.4, -0.2) is 23.2 Å². The van der Waals surface area contributed by atoms with Crippen LogP contribution in [0.1, 0.15) is 16.2 Å². The average Bonchev–Trinajstić information content (AvgIpc) is 3.09. The molecule has 0 aliphatic heterocycles. The summed E-state index contributed by atoms with van der Waals surface area (Å²) in [5.74, 6) is 0.779. The summed E-state index contributed by atoms with van der Waals surface area (Å²) in [5, 5.41) is 13.8. The SMILES string of the molecule is CNC(=O)c1ccccc1NCc1nnc(-c2ccccc2)o1. The number of hydrogen-bond acceptors (Lipinski definition) is 5. The lowest BCUT2D eigenvalue weighted by atomic mass is 10.1. The van der Waals surface area contributed by atoms with Gasteiger partial charge in [0, 0.05) is 18.3 Å². The van der Waals surface area contributed by atoms with E-state index in [1.165, 1.54) is 0 Å². The standard InChI is InChI=1S/C17H16N4O2/c1-18-16(22)13-9-5-6-10-14(13)19-11-15-20-21-17(23-15)12-7-3-2-4-8-12/h2-10,19H,11H2,1H3,(H,18,22). The first-order chi connectivity index (χ1) is 11.3. The second-order valence-electron chi connectivity index (χ2n) is 4.85. The Labute approximate surface area is 133 Å². The number of aromatic nitrogens is 2. The maximum atomic E-state index is 11.8. The van der Waals surface area contributed by atoms with Crippen LogP contribution in [0.15, 0.2) is 59.0 Å². The monoisotopic (exact) mass is 308 g/mol. The van der Waals surface area contributed by atoms with Gasteiger partial charge in [-0.25, -0.2) is 0 Å². The van der Waals surface area contributed by atoms with Crippen molar-refractivity contribution >= 4 is 11.6 Å². The quantitative estimate of drug-likeness (QED) is 0.757. The van der Waals surface area contributed by atoms with Gasteiger partial charge >= 0.3 is 0 Å². The maximum absolute atomic E-state index is 11.8. The third kappa shape index (κ3) is 3.37. The van der Waals surface area contributed by atoms with E-state index in [1.807, 2.05) is 48.5 Å². The molecular weight excluding hydrogens is 292 g/mol. The predicted molar refractivity (Wildman–Crippen MR) is 86.9 cm³/mol. The third-order valence-corrected chi connectivity index (χ3v) is 3.32. The van der Waals surface area contributed by atoms with Crippen molar-refractivity contribution in [3.05, 3.63) is 66.1 Å². The van der Waals surface area contributed by atoms with Gasteiger partial charge in [-0.2, -0.15) is 0 Å². The molecule has 3 rings (SSSR count). The molecule has 0 atom stereocenters. The Balaban J connectivity index is 1.73. The van der Waals surface area contributed by atoms with Crippen LogP contribution in [0.2, 0.25) is 0 Å². The Morgan fingerprint density at radius 3 is 2.57 bits per heavy atom. The van der Waals surface area contributed by atoms with E-state index < -0.39 is 0 Å². The highest BCUT2D eigenvalue weighted by Gasteiger charge is 2.11. The molecule has 0 unspecified atom stereocenters. The fraction of sp³-hybridized carbons (Fsp3) is 0.118. The number of rotatable bonds is 5. The lowest BCUT2D eigenvalue weighted by molar-refractivity contribution is 0.0964. The molecule has 0 aliphatic rings. The first-order valence-electron chi connectivity index (χ1n) is 7.20. The predicted octanol–water partition coefficient (Wildman–Crippen LogP) is 2.71. The maximum Gasteiger partial charge on any atom is 0.253 e. The number of hydrogen-bond donors (Lipinski definition) is 2. The molecule has 0 spiro atoms. The first kappa shape index (κ1) is 14.8.